The second kappa shape index (κ2) is 7.70. The zero-order valence-electron chi connectivity index (χ0n) is 11.7. The number of likely N-dealkylation sites (N-methyl/N-ethyl adjacent to an activating group) is 1. The summed E-state index contributed by atoms with van der Waals surface area (Å²) in [7, 11) is 0. The molecule has 1 saturated heterocycles. The smallest absolute Gasteiger partial charge is 0.222 e. The summed E-state index contributed by atoms with van der Waals surface area (Å²) >= 11 is 0. The highest BCUT2D eigenvalue weighted by molar-refractivity contribution is 5.76. The molecule has 100 valence electrons. The van der Waals surface area contributed by atoms with Gasteiger partial charge in [-0.05, 0) is 25.3 Å². The van der Waals surface area contributed by atoms with E-state index in [-0.39, 0.29) is 0 Å². The molecule has 1 rings (SSSR count). The van der Waals surface area contributed by atoms with Crippen LogP contribution in [-0.2, 0) is 4.79 Å². The van der Waals surface area contributed by atoms with Gasteiger partial charge in [-0.3, -0.25) is 4.79 Å². The number of nitrogens with one attached hydrogen (secondary N) is 1. The van der Waals surface area contributed by atoms with E-state index in [0.717, 1.165) is 32.5 Å². The molecule has 1 fully saturated rings. The number of amides is 1. The molecule has 0 aromatic rings. The SMILES string of the molecule is CCNC(CN1CCCCCC1=O)C(C)CC. The summed E-state index contributed by atoms with van der Waals surface area (Å²) in [6.45, 7) is 9.46. The van der Waals surface area contributed by atoms with E-state index >= 15 is 0 Å². The Hall–Kier alpha value is -0.570. The Labute approximate surface area is 106 Å². The first-order chi connectivity index (χ1) is 8.19. The van der Waals surface area contributed by atoms with Gasteiger partial charge in [0.15, 0.2) is 0 Å². The molecule has 0 aromatic heterocycles. The highest BCUT2D eigenvalue weighted by Crippen LogP contribution is 2.15. The van der Waals surface area contributed by atoms with E-state index in [9.17, 15) is 4.79 Å². The van der Waals surface area contributed by atoms with Crippen LogP contribution in [0, 0.1) is 5.92 Å². The molecule has 0 spiro atoms. The lowest BCUT2D eigenvalue weighted by atomic mass is 9.98. The fourth-order valence-corrected chi connectivity index (χ4v) is 2.46. The maximum atomic E-state index is 12.0. The molecule has 1 amide bonds. The first-order valence-corrected chi connectivity index (χ1v) is 7.20. The third-order valence-corrected chi connectivity index (χ3v) is 3.89. The van der Waals surface area contributed by atoms with E-state index in [1.165, 1.54) is 19.3 Å². The lowest BCUT2D eigenvalue weighted by molar-refractivity contribution is -0.131. The van der Waals surface area contributed by atoms with Crippen molar-refractivity contribution < 1.29 is 4.79 Å². The van der Waals surface area contributed by atoms with Gasteiger partial charge in [-0.2, -0.15) is 0 Å². The Kier molecular flexibility index (Phi) is 6.56. The standard InChI is InChI=1S/C14H28N2O/c1-4-12(3)13(15-5-2)11-16-10-8-6-7-9-14(16)17/h12-13,15H,4-11H2,1-3H3. The third-order valence-electron chi connectivity index (χ3n) is 3.89. The number of carbonyl (C=O) groups is 1. The van der Waals surface area contributed by atoms with Gasteiger partial charge in [0.05, 0.1) is 0 Å². The van der Waals surface area contributed by atoms with Crippen LogP contribution in [0.3, 0.4) is 0 Å². The molecule has 0 bridgehead atoms. The highest BCUT2D eigenvalue weighted by atomic mass is 16.2. The van der Waals surface area contributed by atoms with E-state index in [4.69, 9.17) is 0 Å². The zero-order valence-corrected chi connectivity index (χ0v) is 11.7. The van der Waals surface area contributed by atoms with Crippen LogP contribution in [0.15, 0.2) is 0 Å². The Balaban J connectivity index is 2.54. The Morgan fingerprint density at radius 1 is 1.29 bits per heavy atom. The first-order valence-electron chi connectivity index (χ1n) is 7.20. The Bertz CT molecular complexity index is 230. The molecule has 1 aliphatic rings. The minimum Gasteiger partial charge on any atom is -0.341 e. The summed E-state index contributed by atoms with van der Waals surface area (Å²) in [5.41, 5.74) is 0. The normalized spacial score (nSPS) is 21.1. The van der Waals surface area contributed by atoms with Crippen molar-refractivity contribution in [2.45, 2.75) is 58.9 Å². The summed E-state index contributed by atoms with van der Waals surface area (Å²) in [4.78, 5) is 14.0. The molecule has 0 aliphatic carbocycles. The highest BCUT2D eigenvalue weighted by Gasteiger charge is 2.22. The van der Waals surface area contributed by atoms with Gasteiger partial charge in [-0.25, -0.2) is 0 Å². The fraction of sp³-hybridized carbons (Fsp3) is 0.929. The van der Waals surface area contributed by atoms with Crippen LogP contribution in [0.2, 0.25) is 0 Å². The quantitative estimate of drug-likeness (QED) is 0.773. The van der Waals surface area contributed by atoms with Crippen LogP contribution in [-0.4, -0.2) is 36.5 Å². The number of nitrogens with zero attached hydrogens (tertiary/aromatic N) is 1. The molecular weight excluding hydrogens is 212 g/mol. The number of likely N-dealkylation sites (tertiary alicyclic amines) is 1. The van der Waals surface area contributed by atoms with Crippen molar-refractivity contribution >= 4 is 5.91 Å². The van der Waals surface area contributed by atoms with Crippen molar-refractivity contribution in [1.82, 2.24) is 10.2 Å². The monoisotopic (exact) mass is 240 g/mol. The van der Waals surface area contributed by atoms with Gasteiger partial charge >= 0.3 is 0 Å². The van der Waals surface area contributed by atoms with Crippen LogP contribution in [0.4, 0.5) is 0 Å². The Morgan fingerprint density at radius 3 is 2.71 bits per heavy atom. The summed E-state index contributed by atoms with van der Waals surface area (Å²) in [6, 6.07) is 0.451. The van der Waals surface area contributed by atoms with Gasteiger partial charge in [0.25, 0.3) is 0 Å². The maximum absolute atomic E-state index is 12.0. The van der Waals surface area contributed by atoms with Crippen molar-refractivity contribution in [3.05, 3.63) is 0 Å². The Morgan fingerprint density at radius 2 is 2.06 bits per heavy atom. The molecule has 3 nitrogen and oxygen atoms in total. The molecule has 0 aromatic carbocycles. The predicted molar refractivity (Wildman–Crippen MR) is 72.0 cm³/mol. The number of carbonyl (C=O) groups excluding carboxylic acids is 1. The minimum absolute atomic E-state index is 0.355. The molecule has 2 atom stereocenters. The van der Waals surface area contributed by atoms with Crippen molar-refractivity contribution in [2.24, 2.45) is 5.92 Å². The van der Waals surface area contributed by atoms with Gasteiger partial charge < -0.3 is 10.2 Å². The van der Waals surface area contributed by atoms with E-state index in [2.05, 4.69) is 31.0 Å². The molecule has 0 radical (unpaired) electrons. The summed E-state index contributed by atoms with van der Waals surface area (Å²) in [5, 5.41) is 3.53. The van der Waals surface area contributed by atoms with Gasteiger partial charge in [0.2, 0.25) is 5.91 Å². The molecule has 3 heteroatoms. The molecule has 17 heavy (non-hydrogen) atoms. The number of hydrogen-bond donors (Lipinski definition) is 1. The molecule has 1 N–H and O–H groups in total. The summed E-state index contributed by atoms with van der Waals surface area (Å²) in [5.74, 6) is 0.986. The second-order valence-electron chi connectivity index (χ2n) is 5.20. The van der Waals surface area contributed by atoms with Gasteiger partial charge in [-0.15, -0.1) is 0 Å². The largest absolute Gasteiger partial charge is 0.341 e. The van der Waals surface area contributed by atoms with E-state index < -0.39 is 0 Å². The third kappa shape index (κ3) is 4.66. The van der Waals surface area contributed by atoms with Crippen LogP contribution in [0.25, 0.3) is 0 Å². The fourth-order valence-electron chi connectivity index (χ4n) is 2.46. The average molecular weight is 240 g/mol. The first kappa shape index (κ1) is 14.5. The lowest BCUT2D eigenvalue weighted by Crippen LogP contribution is -2.46. The zero-order chi connectivity index (χ0) is 12.7. The van der Waals surface area contributed by atoms with Crippen molar-refractivity contribution in [1.29, 1.82) is 0 Å². The molecule has 0 saturated carbocycles. The van der Waals surface area contributed by atoms with Crippen LogP contribution in [0.5, 0.6) is 0 Å². The van der Waals surface area contributed by atoms with Crippen LogP contribution < -0.4 is 5.32 Å². The summed E-state index contributed by atoms with van der Waals surface area (Å²) in [6.07, 6.45) is 5.37. The minimum atomic E-state index is 0.355. The van der Waals surface area contributed by atoms with Gasteiger partial charge in [-0.1, -0.05) is 33.6 Å². The predicted octanol–water partition coefficient (Wildman–Crippen LogP) is 2.41. The number of rotatable bonds is 6. The van der Waals surface area contributed by atoms with Crippen LogP contribution in [0.1, 0.15) is 52.9 Å². The van der Waals surface area contributed by atoms with Gasteiger partial charge in [0, 0.05) is 25.6 Å². The van der Waals surface area contributed by atoms with Gasteiger partial charge in [0.1, 0.15) is 0 Å². The topological polar surface area (TPSA) is 32.3 Å². The van der Waals surface area contributed by atoms with Crippen molar-refractivity contribution in [2.75, 3.05) is 19.6 Å². The molecule has 1 aliphatic heterocycles. The maximum Gasteiger partial charge on any atom is 0.222 e. The van der Waals surface area contributed by atoms with E-state index in [0.29, 0.717) is 17.9 Å². The van der Waals surface area contributed by atoms with E-state index in [1.807, 2.05) is 0 Å². The summed E-state index contributed by atoms with van der Waals surface area (Å²) < 4.78 is 0. The molecular formula is C14H28N2O. The average Bonchev–Trinajstić information content (AvgIpc) is 2.53. The lowest BCUT2D eigenvalue weighted by Gasteiger charge is -2.30. The molecule has 2 unspecified atom stereocenters. The van der Waals surface area contributed by atoms with Crippen molar-refractivity contribution in [3.63, 3.8) is 0 Å². The number of hydrogen-bond acceptors (Lipinski definition) is 2. The van der Waals surface area contributed by atoms with E-state index in [1.54, 1.807) is 0 Å². The van der Waals surface area contributed by atoms with Crippen LogP contribution >= 0.6 is 0 Å². The molecule has 1 heterocycles. The van der Waals surface area contributed by atoms with Crippen molar-refractivity contribution in [3.8, 4) is 0 Å². The second-order valence-corrected chi connectivity index (χ2v) is 5.20.